The van der Waals surface area contributed by atoms with Gasteiger partial charge in [0.15, 0.2) is 0 Å². The molecule has 0 radical (unpaired) electrons. The van der Waals surface area contributed by atoms with Crippen molar-refractivity contribution in [3.05, 3.63) is 59.2 Å². The highest BCUT2D eigenvalue weighted by molar-refractivity contribution is 7.98. The lowest BCUT2D eigenvalue weighted by molar-refractivity contribution is 0.0999. The molecule has 0 saturated heterocycles. The number of aryl methyl sites for hydroxylation is 1. The Labute approximate surface area is 117 Å². The summed E-state index contributed by atoms with van der Waals surface area (Å²) in [5.74, 6) is 0.278. The van der Waals surface area contributed by atoms with Crippen molar-refractivity contribution < 1.29 is 4.79 Å². The normalized spacial score (nSPS) is 10.4. The quantitative estimate of drug-likeness (QED) is 0.664. The summed E-state index contributed by atoms with van der Waals surface area (Å²) >= 11 is 1.61. The maximum Gasteiger partial charge on any atom is 0.249 e. The van der Waals surface area contributed by atoms with Gasteiger partial charge in [-0.3, -0.25) is 4.79 Å². The van der Waals surface area contributed by atoms with Crippen LogP contribution in [0.5, 0.6) is 0 Å². The van der Waals surface area contributed by atoms with Gasteiger partial charge in [-0.15, -0.1) is 11.8 Å². The number of primary amides is 1. The van der Waals surface area contributed by atoms with Crippen molar-refractivity contribution in [2.75, 3.05) is 5.73 Å². The van der Waals surface area contributed by atoms with E-state index in [2.05, 4.69) is 0 Å². The zero-order chi connectivity index (χ0) is 13.8. The summed E-state index contributed by atoms with van der Waals surface area (Å²) < 4.78 is 0. The molecule has 0 aliphatic rings. The van der Waals surface area contributed by atoms with Gasteiger partial charge in [-0.25, -0.2) is 0 Å². The fourth-order valence-electron chi connectivity index (χ4n) is 1.82. The average molecular weight is 272 g/mol. The van der Waals surface area contributed by atoms with E-state index in [-0.39, 0.29) is 0 Å². The van der Waals surface area contributed by atoms with Crippen molar-refractivity contribution in [2.45, 2.75) is 17.6 Å². The summed E-state index contributed by atoms with van der Waals surface area (Å²) in [6.45, 7) is 1.98. The third kappa shape index (κ3) is 3.09. The number of hydrogen-bond acceptors (Lipinski definition) is 3. The minimum absolute atomic E-state index is 0.395. The van der Waals surface area contributed by atoms with Crippen molar-refractivity contribution in [1.82, 2.24) is 0 Å². The molecular weight excluding hydrogens is 256 g/mol. The molecule has 0 aliphatic heterocycles. The number of nitrogens with two attached hydrogens (primary N) is 2. The lowest BCUT2D eigenvalue weighted by Crippen LogP contribution is -2.13. The number of thioether (sulfide) groups is 1. The van der Waals surface area contributed by atoms with Gasteiger partial charge in [-0.2, -0.15) is 0 Å². The summed E-state index contributed by atoms with van der Waals surface area (Å²) in [5, 5.41) is 0. The molecule has 0 heterocycles. The second kappa shape index (κ2) is 5.80. The third-order valence-corrected chi connectivity index (χ3v) is 4.07. The summed E-state index contributed by atoms with van der Waals surface area (Å²) in [6, 6.07) is 13.3. The first-order chi connectivity index (χ1) is 9.09. The summed E-state index contributed by atoms with van der Waals surface area (Å²) in [7, 11) is 0. The van der Waals surface area contributed by atoms with E-state index in [1.54, 1.807) is 17.8 Å². The van der Waals surface area contributed by atoms with Crippen LogP contribution >= 0.6 is 11.8 Å². The lowest BCUT2D eigenvalue weighted by Gasteiger charge is -2.09. The number of nitrogen functional groups attached to an aromatic ring is 1. The molecule has 3 nitrogen and oxygen atoms in total. The van der Waals surface area contributed by atoms with Gasteiger partial charge in [0.1, 0.15) is 0 Å². The molecule has 1 amide bonds. The Hall–Kier alpha value is -1.94. The molecule has 4 heteroatoms. The number of para-hydroxylation sites is 1. The fraction of sp³-hybridized carbons (Fsp3) is 0.133. The van der Waals surface area contributed by atoms with Crippen LogP contribution in [-0.2, 0) is 5.75 Å². The minimum atomic E-state index is -0.395. The Bertz CT molecular complexity index is 611. The molecule has 0 aromatic heterocycles. The SMILES string of the molecule is Cc1cccc(SCc2ccccc2C(N)=O)c1N. The first kappa shape index (κ1) is 13.5. The molecular formula is C15H16N2OS. The van der Waals surface area contributed by atoms with Crippen molar-refractivity contribution in [3.8, 4) is 0 Å². The van der Waals surface area contributed by atoms with Gasteiger partial charge >= 0.3 is 0 Å². The smallest absolute Gasteiger partial charge is 0.249 e. The van der Waals surface area contributed by atoms with Gasteiger partial charge in [0.25, 0.3) is 0 Å². The largest absolute Gasteiger partial charge is 0.398 e. The molecule has 2 aromatic carbocycles. The van der Waals surface area contributed by atoms with Crippen LogP contribution in [0.4, 0.5) is 5.69 Å². The van der Waals surface area contributed by atoms with Gasteiger partial charge in [0.2, 0.25) is 5.91 Å². The Morgan fingerprint density at radius 3 is 2.63 bits per heavy atom. The predicted molar refractivity (Wildman–Crippen MR) is 80.1 cm³/mol. The topological polar surface area (TPSA) is 69.1 Å². The summed E-state index contributed by atoms with van der Waals surface area (Å²) in [5.41, 5.74) is 14.8. The van der Waals surface area contributed by atoms with Crippen molar-refractivity contribution >= 4 is 23.4 Å². The van der Waals surface area contributed by atoms with Gasteiger partial charge in [0.05, 0.1) is 0 Å². The van der Waals surface area contributed by atoms with E-state index in [1.165, 1.54) is 0 Å². The standard InChI is InChI=1S/C15H16N2OS/c1-10-5-4-8-13(14(10)16)19-9-11-6-2-3-7-12(11)15(17)18/h2-8H,9,16H2,1H3,(H2,17,18). The summed E-state index contributed by atoms with van der Waals surface area (Å²) in [4.78, 5) is 12.4. The average Bonchev–Trinajstić information content (AvgIpc) is 2.40. The Morgan fingerprint density at radius 2 is 1.89 bits per heavy atom. The molecule has 0 spiro atoms. The van der Waals surface area contributed by atoms with E-state index in [1.807, 2.05) is 43.3 Å². The molecule has 0 bridgehead atoms. The van der Waals surface area contributed by atoms with Crippen molar-refractivity contribution in [3.63, 3.8) is 0 Å². The molecule has 98 valence electrons. The maximum atomic E-state index is 11.3. The molecule has 2 aromatic rings. The maximum absolute atomic E-state index is 11.3. The molecule has 19 heavy (non-hydrogen) atoms. The molecule has 2 rings (SSSR count). The molecule has 0 unspecified atom stereocenters. The van der Waals surface area contributed by atoms with Gasteiger partial charge < -0.3 is 11.5 Å². The van der Waals surface area contributed by atoms with Crippen LogP contribution in [-0.4, -0.2) is 5.91 Å². The molecule has 0 atom stereocenters. The van der Waals surface area contributed by atoms with Crippen LogP contribution in [0.25, 0.3) is 0 Å². The molecule has 0 fully saturated rings. The lowest BCUT2D eigenvalue weighted by atomic mass is 10.1. The Morgan fingerprint density at radius 1 is 1.16 bits per heavy atom. The Kier molecular flexibility index (Phi) is 4.12. The number of amides is 1. The van der Waals surface area contributed by atoms with Crippen molar-refractivity contribution in [2.24, 2.45) is 5.73 Å². The molecule has 0 aliphatic carbocycles. The number of carbonyl (C=O) groups excluding carboxylic acids is 1. The molecule has 4 N–H and O–H groups in total. The van der Waals surface area contributed by atoms with Gasteiger partial charge in [-0.1, -0.05) is 30.3 Å². The van der Waals surface area contributed by atoms with E-state index in [0.717, 1.165) is 21.7 Å². The van der Waals surface area contributed by atoms with Crippen LogP contribution in [0.1, 0.15) is 21.5 Å². The zero-order valence-electron chi connectivity index (χ0n) is 10.7. The van der Waals surface area contributed by atoms with E-state index in [4.69, 9.17) is 11.5 Å². The molecule has 0 saturated carbocycles. The second-order valence-corrected chi connectivity index (χ2v) is 5.31. The van der Waals surface area contributed by atoms with Crippen LogP contribution in [0.15, 0.2) is 47.4 Å². The zero-order valence-corrected chi connectivity index (χ0v) is 11.5. The first-order valence-corrected chi connectivity index (χ1v) is 6.93. The highest BCUT2D eigenvalue weighted by Crippen LogP contribution is 2.30. The fourth-order valence-corrected chi connectivity index (χ4v) is 2.88. The van der Waals surface area contributed by atoms with Crippen LogP contribution in [0.2, 0.25) is 0 Å². The summed E-state index contributed by atoms with van der Waals surface area (Å²) in [6.07, 6.45) is 0. The number of anilines is 1. The van der Waals surface area contributed by atoms with Crippen LogP contribution < -0.4 is 11.5 Å². The third-order valence-electron chi connectivity index (χ3n) is 2.95. The van der Waals surface area contributed by atoms with Gasteiger partial charge in [0, 0.05) is 21.9 Å². The van der Waals surface area contributed by atoms with Crippen molar-refractivity contribution in [1.29, 1.82) is 0 Å². The van der Waals surface area contributed by atoms with E-state index in [9.17, 15) is 4.79 Å². The highest BCUT2D eigenvalue weighted by Gasteiger charge is 2.08. The van der Waals surface area contributed by atoms with E-state index >= 15 is 0 Å². The first-order valence-electron chi connectivity index (χ1n) is 5.95. The van der Waals surface area contributed by atoms with Crippen LogP contribution in [0, 0.1) is 6.92 Å². The Balaban J connectivity index is 2.19. The van der Waals surface area contributed by atoms with Crippen LogP contribution in [0.3, 0.4) is 0 Å². The number of benzene rings is 2. The number of carbonyl (C=O) groups is 1. The predicted octanol–water partition coefficient (Wildman–Crippen LogP) is 2.97. The highest BCUT2D eigenvalue weighted by atomic mass is 32.2. The minimum Gasteiger partial charge on any atom is -0.398 e. The number of hydrogen-bond donors (Lipinski definition) is 2. The second-order valence-electron chi connectivity index (χ2n) is 4.30. The monoisotopic (exact) mass is 272 g/mol. The van der Waals surface area contributed by atoms with E-state index < -0.39 is 5.91 Å². The van der Waals surface area contributed by atoms with Gasteiger partial charge in [-0.05, 0) is 30.2 Å². The van der Waals surface area contributed by atoms with E-state index in [0.29, 0.717) is 11.3 Å². The number of rotatable bonds is 4.